The van der Waals surface area contributed by atoms with Crippen LogP contribution in [0.2, 0.25) is 0 Å². The minimum Gasteiger partial charge on any atom is -0.327 e. The van der Waals surface area contributed by atoms with Gasteiger partial charge in [0.2, 0.25) is 5.91 Å². The van der Waals surface area contributed by atoms with Crippen molar-refractivity contribution in [3.63, 3.8) is 0 Å². The van der Waals surface area contributed by atoms with E-state index < -0.39 is 0 Å². The summed E-state index contributed by atoms with van der Waals surface area (Å²) in [6.07, 6.45) is 3.55. The van der Waals surface area contributed by atoms with Gasteiger partial charge in [-0.1, -0.05) is 13.8 Å². The highest BCUT2D eigenvalue weighted by molar-refractivity contribution is 5.91. The molecular weight excluding hydrogens is 254 g/mol. The van der Waals surface area contributed by atoms with Crippen LogP contribution in [0.15, 0.2) is 36.7 Å². The summed E-state index contributed by atoms with van der Waals surface area (Å²) in [5, 5.41) is 10.9. The number of aromatic nitrogens is 3. The van der Waals surface area contributed by atoms with Gasteiger partial charge in [-0.15, -0.1) is 0 Å². The zero-order valence-corrected chi connectivity index (χ0v) is 11.7. The van der Waals surface area contributed by atoms with Gasteiger partial charge in [0.25, 0.3) is 0 Å². The second kappa shape index (κ2) is 6.29. The highest BCUT2D eigenvalue weighted by Gasteiger charge is 2.13. The zero-order chi connectivity index (χ0) is 14.5. The number of amides is 1. The van der Waals surface area contributed by atoms with Gasteiger partial charge in [-0.05, 0) is 30.2 Å². The lowest BCUT2D eigenvalue weighted by Crippen LogP contribution is -2.31. The fraction of sp³-hybridized carbons (Fsp3) is 0.357. The summed E-state index contributed by atoms with van der Waals surface area (Å²) in [4.78, 5) is 13.3. The van der Waals surface area contributed by atoms with E-state index in [2.05, 4.69) is 15.5 Å². The molecule has 0 aliphatic carbocycles. The van der Waals surface area contributed by atoms with Crippen molar-refractivity contribution < 1.29 is 4.79 Å². The quantitative estimate of drug-likeness (QED) is 0.866. The molecule has 1 heterocycles. The molecule has 1 aromatic heterocycles. The molecule has 0 radical (unpaired) electrons. The van der Waals surface area contributed by atoms with Crippen molar-refractivity contribution in [2.75, 3.05) is 5.32 Å². The monoisotopic (exact) mass is 273 g/mol. The standard InChI is InChI=1S/C14H19N5O/c1-10(2)13(15)9-14(20)18-11-3-5-12(6-4-11)19-16-7-8-17-19/h3-8,10,13H,9,15H2,1-2H3,(H,18,20). The fourth-order valence-electron chi connectivity index (χ4n) is 1.69. The molecule has 1 atom stereocenters. The van der Waals surface area contributed by atoms with Gasteiger partial charge in [-0.2, -0.15) is 15.0 Å². The van der Waals surface area contributed by atoms with Gasteiger partial charge in [-0.3, -0.25) is 4.79 Å². The molecule has 20 heavy (non-hydrogen) atoms. The van der Waals surface area contributed by atoms with Crippen molar-refractivity contribution in [2.24, 2.45) is 11.7 Å². The lowest BCUT2D eigenvalue weighted by molar-refractivity contribution is -0.116. The summed E-state index contributed by atoms with van der Waals surface area (Å²) in [6.45, 7) is 4.01. The maximum Gasteiger partial charge on any atom is 0.225 e. The first-order valence-electron chi connectivity index (χ1n) is 6.58. The Labute approximate surface area is 118 Å². The second-order valence-corrected chi connectivity index (χ2v) is 5.03. The van der Waals surface area contributed by atoms with Crippen molar-refractivity contribution >= 4 is 11.6 Å². The molecule has 6 heteroatoms. The normalized spacial score (nSPS) is 12.4. The predicted molar refractivity (Wildman–Crippen MR) is 77.4 cm³/mol. The predicted octanol–water partition coefficient (Wildman–Crippen LogP) is 1.58. The molecule has 0 saturated carbocycles. The SMILES string of the molecule is CC(C)C(N)CC(=O)Nc1ccc(-n2nccn2)cc1. The van der Waals surface area contributed by atoms with E-state index in [0.717, 1.165) is 11.4 Å². The van der Waals surface area contributed by atoms with Crippen molar-refractivity contribution in [3.05, 3.63) is 36.7 Å². The largest absolute Gasteiger partial charge is 0.327 e. The third-order valence-electron chi connectivity index (χ3n) is 3.08. The summed E-state index contributed by atoms with van der Waals surface area (Å²) in [5.41, 5.74) is 7.46. The summed E-state index contributed by atoms with van der Waals surface area (Å²) in [6, 6.07) is 7.20. The van der Waals surface area contributed by atoms with Crippen molar-refractivity contribution in [1.82, 2.24) is 15.0 Å². The number of hydrogen-bond acceptors (Lipinski definition) is 4. The summed E-state index contributed by atoms with van der Waals surface area (Å²) in [7, 11) is 0. The molecule has 0 aliphatic rings. The van der Waals surface area contributed by atoms with Crippen LogP contribution in [0.5, 0.6) is 0 Å². The number of nitrogens with one attached hydrogen (secondary N) is 1. The van der Waals surface area contributed by atoms with Crippen LogP contribution >= 0.6 is 0 Å². The van der Waals surface area contributed by atoms with Gasteiger partial charge in [-0.25, -0.2) is 0 Å². The average molecular weight is 273 g/mol. The van der Waals surface area contributed by atoms with Crippen LogP contribution < -0.4 is 11.1 Å². The van der Waals surface area contributed by atoms with Crippen LogP contribution in [0, 0.1) is 5.92 Å². The number of hydrogen-bond donors (Lipinski definition) is 2. The molecule has 2 rings (SSSR count). The van der Waals surface area contributed by atoms with Crippen LogP contribution in [0.1, 0.15) is 20.3 Å². The van der Waals surface area contributed by atoms with E-state index in [-0.39, 0.29) is 17.9 Å². The van der Waals surface area contributed by atoms with E-state index in [1.54, 1.807) is 12.4 Å². The molecule has 0 saturated heterocycles. The fourth-order valence-corrected chi connectivity index (χ4v) is 1.69. The third kappa shape index (κ3) is 3.64. The molecule has 1 unspecified atom stereocenters. The Morgan fingerprint density at radius 1 is 1.25 bits per heavy atom. The van der Waals surface area contributed by atoms with Gasteiger partial charge >= 0.3 is 0 Å². The lowest BCUT2D eigenvalue weighted by atomic mass is 10.0. The highest BCUT2D eigenvalue weighted by Crippen LogP contribution is 2.13. The Hall–Kier alpha value is -2.21. The van der Waals surface area contributed by atoms with E-state index >= 15 is 0 Å². The molecule has 106 valence electrons. The Kier molecular flexibility index (Phi) is 4.47. The smallest absolute Gasteiger partial charge is 0.225 e. The first kappa shape index (κ1) is 14.2. The van der Waals surface area contributed by atoms with Gasteiger partial charge in [0.05, 0.1) is 18.1 Å². The molecule has 0 fully saturated rings. The number of nitrogens with zero attached hydrogens (tertiary/aromatic N) is 3. The lowest BCUT2D eigenvalue weighted by Gasteiger charge is -2.15. The molecule has 1 aromatic carbocycles. The van der Waals surface area contributed by atoms with E-state index in [1.807, 2.05) is 38.1 Å². The van der Waals surface area contributed by atoms with Crippen molar-refractivity contribution in [1.29, 1.82) is 0 Å². The molecule has 2 aromatic rings. The Bertz CT molecular complexity index is 547. The van der Waals surface area contributed by atoms with E-state index in [1.165, 1.54) is 4.80 Å². The van der Waals surface area contributed by atoms with Crippen molar-refractivity contribution in [2.45, 2.75) is 26.3 Å². The number of carbonyl (C=O) groups is 1. The van der Waals surface area contributed by atoms with Gasteiger partial charge in [0.15, 0.2) is 0 Å². The van der Waals surface area contributed by atoms with Crippen LogP contribution in [0.25, 0.3) is 5.69 Å². The minimum atomic E-state index is -0.123. The molecule has 0 aliphatic heterocycles. The van der Waals surface area contributed by atoms with E-state index in [4.69, 9.17) is 5.73 Å². The number of nitrogens with two attached hydrogens (primary N) is 1. The van der Waals surface area contributed by atoms with Gasteiger partial charge in [0, 0.05) is 18.2 Å². The van der Waals surface area contributed by atoms with Crippen LogP contribution in [-0.4, -0.2) is 26.9 Å². The molecule has 1 amide bonds. The first-order chi connectivity index (χ1) is 9.56. The van der Waals surface area contributed by atoms with E-state index in [9.17, 15) is 4.79 Å². The van der Waals surface area contributed by atoms with Crippen LogP contribution in [0.4, 0.5) is 5.69 Å². The van der Waals surface area contributed by atoms with Crippen LogP contribution in [0.3, 0.4) is 0 Å². The van der Waals surface area contributed by atoms with Crippen molar-refractivity contribution in [3.8, 4) is 5.69 Å². The number of anilines is 1. The average Bonchev–Trinajstić information content (AvgIpc) is 2.93. The maximum absolute atomic E-state index is 11.8. The van der Waals surface area contributed by atoms with Gasteiger partial charge < -0.3 is 11.1 Å². The zero-order valence-electron chi connectivity index (χ0n) is 11.7. The molecular formula is C14H19N5O. The highest BCUT2D eigenvalue weighted by atomic mass is 16.1. The van der Waals surface area contributed by atoms with E-state index in [0.29, 0.717) is 6.42 Å². The Morgan fingerprint density at radius 3 is 2.40 bits per heavy atom. The molecule has 0 spiro atoms. The number of benzene rings is 1. The molecule has 3 N–H and O–H groups in total. The molecule has 0 bridgehead atoms. The summed E-state index contributed by atoms with van der Waals surface area (Å²) in [5.74, 6) is 0.213. The third-order valence-corrected chi connectivity index (χ3v) is 3.08. The Balaban J connectivity index is 1.95. The topological polar surface area (TPSA) is 85.8 Å². The number of carbonyl (C=O) groups excluding carboxylic acids is 1. The maximum atomic E-state index is 11.8. The van der Waals surface area contributed by atoms with Crippen LogP contribution in [-0.2, 0) is 4.79 Å². The Morgan fingerprint density at radius 2 is 1.85 bits per heavy atom. The number of rotatable bonds is 5. The second-order valence-electron chi connectivity index (χ2n) is 5.03. The first-order valence-corrected chi connectivity index (χ1v) is 6.58. The summed E-state index contributed by atoms with van der Waals surface area (Å²) >= 11 is 0. The minimum absolute atomic E-state index is 0.0730. The van der Waals surface area contributed by atoms with Gasteiger partial charge in [0.1, 0.15) is 0 Å². The summed E-state index contributed by atoms with van der Waals surface area (Å²) < 4.78 is 0. The molecule has 6 nitrogen and oxygen atoms in total.